The molecule has 110 valence electrons. The fourth-order valence-electron chi connectivity index (χ4n) is 3.66. The Kier molecular flexibility index (Phi) is 4.49. The lowest BCUT2D eigenvalue weighted by molar-refractivity contribution is 0.149. The van der Waals surface area contributed by atoms with E-state index >= 15 is 0 Å². The summed E-state index contributed by atoms with van der Waals surface area (Å²) in [7, 11) is 2.29. The number of halogens is 1. The van der Waals surface area contributed by atoms with Crippen molar-refractivity contribution in [3.63, 3.8) is 0 Å². The molecule has 0 amide bonds. The van der Waals surface area contributed by atoms with Crippen LogP contribution >= 0.6 is 11.6 Å². The highest BCUT2D eigenvalue weighted by Crippen LogP contribution is 2.34. The molecule has 2 aliphatic heterocycles. The molecule has 0 aromatic heterocycles. The molecule has 2 aliphatic rings. The zero-order valence-corrected chi connectivity index (χ0v) is 12.9. The van der Waals surface area contributed by atoms with Crippen molar-refractivity contribution >= 4 is 17.3 Å². The highest BCUT2D eigenvalue weighted by molar-refractivity contribution is 6.30. The average Bonchev–Trinajstić information content (AvgIpc) is 2.65. The number of rotatable bonds is 5. The Morgan fingerprint density at radius 1 is 1.20 bits per heavy atom. The first-order chi connectivity index (χ1) is 9.72. The molecule has 2 fully saturated rings. The Bertz CT molecular complexity index is 437. The number of benzene rings is 1. The van der Waals surface area contributed by atoms with E-state index < -0.39 is 0 Å². The van der Waals surface area contributed by atoms with Crippen LogP contribution in [0.1, 0.15) is 25.7 Å². The third kappa shape index (κ3) is 3.27. The highest BCUT2D eigenvalue weighted by Gasteiger charge is 2.37. The predicted octanol–water partition coefficient (Wildman–Crippen LogP) is 2.97. The van der Waals surface area contributed by atoms with Gasteiger partial charge in [0.25, 0.3) is 0 Å². The Balaban J connectivity index is 1.38. The van der Waals surface area contributed by atoms with Crippen LogP contribution in [-0.4, -0.2) is 43.2 Å². The van der Waals surface area contributed by atoms with Gasteiger partial charge in [-0.1, -0.05) is 17.7 Å². The maximum Gasteiger partial charge on any atom is 0.0426 e. The van der Waals surface area contributed by atoms with E-state index in [4.69, 9.17) is 11.6 Å². The first kappa shape index (κ1) is 14.2. The highest BCUT2D eigenvalue weighted by atomic mass is 35.5. The fraction of sp³-hybridized carbons (Fsp3) is 0.625. The summed E-state index contributed by atoms with van der Waals surface area (Å²) in [5, 5.41) is 7.91. The van der Waals surface area contributed by atoms with Gasteiger partial charge in [-0.3, -0.25) is 0 Å². The number of piperidine rings is 1. The SMILES string of the molecule is CN1C2CCC1CC(NCCNc1cccc(Cl)c1)C2. The van der Waals surface area contributed by atoms with E-state index in [9.17, 15) is 0 Å². The molecule has 0 radical (unpaired) electrons. The van der Waals surface area contributed by atoms with Gasteiger partial charge in [0.1, 0.15) is 0 Å². The van der Waals surface area contributed by atoms with Gasteiger partial charge in [-0.25, -0.2) is 0 Å². The molecule has 2 unspecified atom stereocenters. The van der Waals surface area contributed by atoms with E-state index in [1.54, 1.807) is 0 Å². The number of nitrogens with zero attached hydrogens (tertiary/aromatic N) is 1. The van der Waals surface area contributed by atoms with Gasteiger partial charge in [0.2, 0.25) is 0 Å². The van der Waals surface area contributed by atoms with Gasteiger partial charge in [0, 0.05) is 41.9 Å². The topological polar surface area (TPSA) is 27.3 Å². The van der Waals surface area contributed by atoms with Crippen LogP contribution in [0.2, 0.25) is 5.02 Å². The molecule has 2 heterocycles. The average molecular weight is 294 g/mol. The second-order valence-electron chi connectivity index (χ2n) is 6.11. The quantitative estimate of drug-likeness (QED) is 0.818. The molecule has 2 N–H and O–H groups in total. The monoisotopic (exact) mass is 293 g/mol. The summed E-state index contributed by atoms with van der Waals surface area (Å²) >= 11 is 5.97. The van der Waals surface area contributed by atoms with Crippen molar-refractivity contribution in [3.05, 3.63) is 29.3 Å². The van der Waals surface area contributed by atoms with Crippen molar-refractivity contribution in [2.24, 2.45) is 0 Å². The zero-order chi connectivity index (χ0) is 13.9. The number of fused-ring (bicyclic) bond motifs is 2. The largest absolute Gasteiger partial charge is 0.384 e. The lowest BCUT2D eigenvalue weighted by Gasteiger charge is -2.36. The van der Waals surface area contributed by atoms with Gasteiger partial charge in [-0.2, -0.15) is 0 Å². The lowest BCUT2D eigenvalue weighted by Crippen LogP contribution is -2.48. The van der Waals surface area contributed by atoms with E-state index in [1.165, 1.54) is 25.7 Å². The molecular weight excluding hydrogens is 270 g/mol. The number of nitrogens with one attached hydrogen (secondary N) is 2. The Morgan fingerprint density at radius 3 is 2.65 bits per heavy atom. The fourth-order valence-corrected chi connectivity index (χ4v) is 3.85. The molecule has 3 nitrogen and oxygen atoms in total. The predicted molar refractivity (Wildman–Crippen MR) is 85.5 cm³/mol. The molecular formula is C16H24ClN3. The minimum absolute atomic E-state index is 0.699. The van der Waals surface area contributed by atoms with Crippen molar-refractivity contribution in [1.29, 1.82) is 0 Å². The van der Waals surface area contributed by atoms with Crippen molar-refractivity contribution in [2.75, 3.05) is 25.5 Å². The van der Waals surface area contributed by atoms with E-state index in [2.05, 4.69) is 28.6 Å². The molecule has 2 bridgehead atoms. The molecule has 0 aliphatic carbocycles. The first-order valence-corrected chi connectivity index (χ1v) is 8.05. The van der Waals surface area contributed by atoms with Crippen LogP contribution in [0, 0.1) is 0 Å². The van der Waals surface area contributed by atoms with Gasteiger partial charge in [-0.05, 0) is 50.9 Å². The van der Waals surface area contributed by atoms with Gasteiger partial charge in [0.15, 0.2) is 0 Å². The van der Waals surface area contributed by atoms with Crippen LogP contribution in [0.3, 0.4) is 0 Å². The van der Waals surface area contributed by atoms with Crippen LogP contribution in [0.25, 0.3) is 0 Å². The lowest BCUT2D eigenvalue weighted by atomic mass is 9.98. The molecule has 2 atom stereocenters. The maximum absolute atomic E-state index is 5.97. The van der Waals surface area contributed by atoms with E-state index in [1.807, 2.05) is 18.2 Å². The summed E-state index contributed by atoms with van der Waals surface area (Å²) in [6, 6.07) is 10.2. The molecule has 1 aromatic carbocycles. The molecule has 20 heavy (non-hydrogen) atoms. The standard InChI is InChI=1S/C16H24ClN3/c1-20-15-5-6-16(20)11-14(10-15)19-8-7-18-13-4-2-3-12(17)9-13/h2-4,9,14-16,18-19H,5-8,10-11H2,1H3. The molecule has 2 saturated heterocycles. The summed E-state index contributed by atoms with van der Waals surface area (Å²) < 4.78 is 0. The third-order valence-electron chi connectivity index (χ3n) is 4.81. The summed E-state index contributed by atoms with van der Waals surface area (Å²) in [5.41, 5.74) is 1.10. The Labute approximate surface area is 126 Å². The number of hydrogen-bond acceptors (Lipinski definition) is 3. The van der Waals surface area contributed by atoms with E-state index in [-0.39, 0.29) is 0 Å². The summed E-state index contributed by atoms with van der Waals surface area (Å²) in [6.45, 7) is 1.96. The zero-order valence-electron chi connectivity index (χ0n) is 12.1. The van der Waals surface area contributed by atoms with Gasteiger partial charge in [0.05, 0.1) is 0 Å². The maximum atomic E-state index is 5.97. The normalized spacial score (nSPS) is 29.6. The van der Waals surface area contributed by atoms with Gasteiger partial charge < -0.3 is 15.5 Å². The van der Waals surface area contributed by atoms with Crippen molar-refractivity contribution in [3.8, 4) is 0 Å². The van der Waals surface area contributed by atoms with Gasteiger partial charge >= 0.3 is 0 Å². The smallest absolute Gasteiger partial charge is 0.0426 e. The minimum Gasteiger partial charge on any atom is -0.384 e. The van der Waals surface area contributed by atoms with Crippen LogP contribution in [0.4, 0.5) is 5.69 Å². The van der Waals surface area contributed by atoms with E-state index in [0.29, 0.717) is 6.04 Å². The number of hydrogen-bond donors (Lipinski definition) is 2. The van der Waals surface area contributed by atoms with Crippen molar-refractivity contribution < 1.29 is 0 Å². The molecule has 3 rings (SSSR count). The van der Waals surface area contributed by atoms with Crippen molar-refractivity contribution in [1.82, 2.24) is 10.2 Å². The minimum atomic E-state index is 0.699. The molecule has 1 aromatic rings. The summed E-state index contributed by atoms with van der Waals surface area (Å²) in [4.78, 5) is 2.59. The second-order valence-corrected chi connectivity index (χ2v) is 6.55. The third-order valence-corrected chi connectivity index (χ3v) is 5.05. The molecule has 0 saturated carbocycles. The Morgan fingerprint density at radius 2 is 1.95 bits per heavy atom. The molecule has 4 heteroatoms. The van der Waals surface area contributed by atoms with Crippen LogP contribution < -0.4 is 10.6 Å². The van der Waals surface area contributed by atoms with Crippen LogP contribution in [0.15, 0.2) is 24.3 Å². The van der Waals surface area contributed by atoms with E-state index in [0.717, 1.165) is 35.9 Å². The van der Waals surface area contributed by atoms with Crippen LogP contribution in [-0.2, 0) is 0 Å². The summed E-state index contributed by atoms with van der Waals surface area (Å²) in [5.74, 6) is 0. The number of anilines is 1. The first-order valence-electron chi connectivity index (χ1n) is 7.67. The second kappa shape index (κ2) is 6.33. The summed E-state index contributed by atoms with van der Waals surface area (Å²) in [6.07, 6.45) is 5.40. The molecule has 0 spiro atoms. The Hall–Kier alpha value is -0.770. The van der Waals surface area contributed by atoms with Crippen molar-refractivity contribution in [2.45, 2.75) is 43.8 Å². The van der Waals surface area contributed by atoms with Crippen LogP contribution in [0.5, 0.6) is 0 Å². The van der Waals surface area contributed by atoms with Gasteiger partial charge in [-0.15, -0.1) is 0 Å².